The lowest BCUT2D eigenvalue weighted by atomic mass is 9.98. The van der Waals surface area contributed by atoms with Crippen molar-refractivity contribution >= 4 is 11.7 Å². The second-order valence-electron chi connectivity index (χ2n) is 7.28. The molecular formula is C21H43NO4. The van der Waals surface area contributed by atoms with Gasteiger partial charge in [-0.3, -0.25) is 9.59 Å². The van der Waals surface area contributed by atoms with Crippen molar-refractivity contribution < 1.29 is 20.5 Å². The van der Waals surface area contributed by atoms with Gasteiger partial charge in [-0.2, -0.15) is 0 Å². The van der Waals surface area contributed by atoms with Crippen molar-refractivity contribution in [3.8, 4) is 0 Å². The van der Waals surface area contributed by atoms with Crippen molar-refractivity contribution in [2.45, 2.75) is 91.6 Å². The highest BCUT2D eigenvalue weighted by Crippen LogP contribution is 2.12. The fourth-order valence-electron chi connectivity index (χ4n) is 2.56. The van der Waals surface area contributed by atoms with E-state index in [1.165, 1.54) is 0 Å². The van der Waals surface area contributed by atoms with E-state index in [0.717, 1.165) is 51.4 Å². The topological polar surface area (TPSA) is 64.6 Å². The third-order valence-electron chi connectivity index (χ3n) is 4.49. The van der Waals surface area contributed by atoms with Crippen LogP contribution in [0, 0.1) is 5.92 Å². The lowest BCUT2D eigenvalue weighted by molar-refractivity contribution is -0.123. The first kappa shape index (κ1) is 25.1. The molecule has 0 saturated carbocycles. The number of rotatable bonds is 18. The molecule has 156 valence electrons. The van der Waals surface area contributed by atoms with Crippen molar-refractivity contribution in [2.75, 3.05) is 26.4 Å². The van der Waals surface area contributed by atoms with Crippen LogP contribution >= 0.6 is 0 Å². The molecule has 0 saturated heterocycles. The molecule has 0 radical (unpaired) electrons. The number of ketones is 1. The zero-order valence-electron chi connectivity index (χ0n) is 17.5. The van der Waals surface area contributed by atoms with Gasteiger partial charge in [0.1, 0.15) is 5.78 Å². The molecule has 5 nitrogen and oxygen atoms in total. The molecule has 1 amide bonds. The van der Waals surface area contributed by atoms with Crippen molar-refractivity contribution in [3.05, 3.63) is 0 Å². The Labute approximate surface area is 162 Å². The lowest BCUT2D eigenvalue weighted by Gasteiger charge is -2.09. The van der Waals surface area contributed by atoms with E-state index in [1.807, 2.05) is 20.8 Å². The maximum atomic E-state index is 11.7. The van der Waals surface area contributed by atoms with Crippen LogP contribution in [0.15, 0.2) is 0 Å². The molecule has 0 aliphatic rings. The van der Waals surface area contributed by atoms with Gasteiger partial charge < -0.3 is 14.8 Å². The monoisotopic (exact) mass is 373 g/mol. The molecule has 26 heavy (non-hydrogen) atoms. The SMILES string of the molecule is CCC(C)C(=O)CCCCCCCCC(=O)NCCOCCOC(C)C.[HH]. The van der Waals surface area contributed by atoms with Gasteiger partial charge in [0, 0.05) is 26.7 Å². The van der Waals surface area contributed by atoms with Gasteiger partial charge in [-0.1, -0.05) is 39.5 Å². The fourth-order valence-corrected chi connectivity index (χ4v) is 2.56. The number of nitrogens with one attached hydrogen (secondary N) is 1. The van der Waals surface area contributed by atoms with E-state index in [-0.39, 0.29) is 19.4 Å². The second-order valence-corrected chi connectivity index (χ2v) is 7.28. The highest BCUT2D eigenvalue weighted by atomic mass is 16.5. The molecule has 1 unspecified atom stereocenters. The van der Waals surface area contributed by atoms with E-state index in [0.29, 0.717) is 38.6 Å². The van der Waals surface area contributed by atoms with Crippen molar-refractivity contribution in [2.24, 2.45) is 5.92 Å². The summed E-state index contributed by atoms with van der Waals surface area (Å²) >= 11 is 0. The number of hydrogen-bond donors (Lipinski definition) is 1. The Balaban J connectivity index is 0. The molecule has 1 atom stereocenters. The molecule has 0 rings (SSSR count). The molecule has 0 fully saturated rings. The maximum absolute atomic E-state index is 11.7. The average molecular weight is 374 g/mol. The van der Waals surface area contributed by atoms with Crippen molar-refractivity contribution in [1.29, 1.82) is 0 Å². The van der Waals surface area contributed by atoms with E-state index in [1.54, 1.807) is 0 Å². The van der Waals surface area contributed by atoms with E-state index in [2.05, 4.69) is 12.2 Å². The van der Waals surface area contributed by atoms with Gasteiger partial charge in [-0.15, -0.1) is 0 Å². The summed E-state index contributed by atoms with van der Waals surface area (Å²) in [6, 6.07) is 0. The minimum Gasteiger partial charge on any atom is -0.377 e. The van der Waals surface area contributed by atoms with Gasteiger partial charge in [-0.25, -0.2) is 0 Å². The number of hydrogen-bond acceptors (Lipinski definition) is 4. The second kappa shape index (κ2) is 17.5. The Morgan fingerprint density at radius 2 is 1.50 bits per heavy atom. The lowest BCUT2D eigenvalue weighted by Crippen LogP contribution is -2.27. The Bertz CT molecular complexity index is 364. The quantitative estimate of drug-likeness (QED) is 0.359. The number of carbonyl (C=O) groups is 2. The molecule has 0 aromatic carbocycles. The predicted octanol–water partition coefficient (Wildman–Crippen LogP) is 4.53. The smallest absolute Gasteiger partial charge is 0.220 e. The molecule has 0 aromatic rings. The molecule has 1 N–H and O–H groups in total. The van der Waals surface area contributed by atoms with Crippen LogP contribution in [0.2, 0.25) is 0 Å². The summed E-state index contributed by atoms with van der Waals surface area (Å²) in [5.74, 6) is 0.721. The van der Waals surface area contributed by atoms with Gasteiger partial charge in [0.15, 0.2) is 0 Å². The van der Waals surface area contributed by atoms with Crippen LogP contribution < -0.4 is 5.32 Å². The largest absolute Gasteiger partial charge is 0.377 e. The van der Waals surface area contributed by atoms with E-state index >= 15 is 0 Å². The first-order chi connectivity index (χ1) is 12.5. The molecule has 0 heterocycles. The highest BCUT2D eigenvalue weighted by molar-refractivity contribution is 5.80. The summed E-state index contributed by atoms with van der Waals surface area (Å²) in [4.78, 5) is 23.4. The van der Waals surface area contributed by atoms with Crippen LogP contribution in [0.25, 0.3) is 0 Å². The number of unbranched alkanes of at least 4 members (excludes halogenated alkanes) is 5. The number of amides is 1. The van der Waals surface area contributed by atoms with Crippen LogP contribution in [0.5, 0.6) is 0 Å². The zero-order valence-corrected chi connectivity index (χ0v) is 17.5. The summed E-state index contributed by atoms with van der Waals surface area (Å²) in [6.07, 6.45) is 8.91. The first-order valence-corrected chi connectivity index (χ1v) is 10.5. The van der Waals surface area contributed by atoms with Gasteiger partial charge in [0.2, 0.25) is 5.91 Å². The molecule has 0 aliphatic carbocycles. The number of ether oxygens (including phenoxy) is 2. The van der Waals surface area contributed by atoms with Crippen LogP contribution in [0.1, 0.15) is 86.9 Å². The minimum atomic E-state index is 0. The number of Topliss-reactive ketones (excluding diaryl/α,β-unsaturated/α-hetero) is 1. The predicted molar refractivity (Wildman–Crippen MR) is 108 cm³/mol. The summed E-state index contributed by atoms with van der Waals surface area (Å²) in [5, 5.41) is 2.88. The Kier molecular flexibility index (Phi) is 16.8. The van der Waals surface area contributed by atoms with Crippen LogP contribution in [0.4, 0.5) is 0 Å². The summed E-state index contributed by atoms with van der Waals surface area (Å²) in [7, 11) is 0. The normalized spacial score (nSPS) is 12.3. The third kappa shape index (κ3) is 16.5. The average Bonchev–Trinajstić information content (AvgIpc) is 2.61. The maximum Gasteiger partial charge on any atom is 0.220 e. The molecule has 5 heteroatoms. The highest BCUT2D eigenvalue weighted by Gasteiger charge is 2.09. The Morgan fingerprint density at radius 1 is 0.885 bits per heavy atom. The molecule has 0 aromatic heterocycles. The molecule has 0 spiro atoms. The Morgan fingerprint density at radius 3 is 2.12 bits per heavy atom. The van der Waals surface area contributed by atoms with Crippen molar-refractivity contribution in [3.63, 3.8) is 0 Å². The molecule has 0 bridgehead atoms. The number of carbonyl (C=O) groups excluding carboxylic acids is 2. The van der Waals surface area contributed by atoms with E-state index < -0.39 is 0 Å². The molecular weight excluding hydrogens is 330 g/mol. The van der Waals surface area contributed by atoms with Crippen LogP contribution in [-0.2, 0) is 19.1 Å². The standard InChI is InChI=1S/C21H41NO4.H2/c1-5-19(4)20(23)12-10-8-6-7-9-11-13-21(24)22-14-15-25-16-17-26-18(2)3;/h18-19H,5-17H2,1-4H3,(H,22,24);1H. The fraction of sp³-hybridized carbons (Fsp3) is 0.905. The van der Waals surface area contributed by atoms with Crippen LogP contribution in [-0.4, -0.2) is 44.2 Å². The summed E-state index contributed by atoms with van der Waals surface area (Å²) in [5.41, 5.74) is 0. The van der Waals surface area contributed by atoms with Crippen molar-refractivity contribution in [1.82, 2.24) is 5.32 Å². The first-order valence-electron chi connectivity index (χ1n) is 10.5. The minimum absolute atomic E-state index is 0. The van der Waals surface area contributed by atoms with E-state index in [9.17, 15) is 9.59 Å². The van der Waals surface area contributed by atoms with Gasteiger partial charge in [-0.05, 0) is 33.1 Å². The van der Waals surface area contributed by atoms with E-state index in [4.69, 9.17) is 9.47 Å². The van der Waals surface area contributed by atoms with Gasteiger partial charge >= 0.3 is 0 Å². The molecule has 0 aliphatic heterocycles. The van der Waals surface area contributed by atoms with Gasteiger partial charge in [0.25, 0.3) is 0 Å². The van der Waals surface area contributed by atoms with Crippen LogP contribution in [0.3, 0.4) is 0 Å². The Hall–Kier alpha value is -0.940. The zero-order chi connectivity index (χ0) is 19.6. The third-order valence-corrected chi connectivity index (χ3v) is 4.49. The van der Waals surface area contributed by atoms with Gasteiger partial charge in [0.05, 0.1) is 25.9 Å². The summed E-state index contributed by atoms with van der Waals surface area (Å²) < 4.78 is 10.8. The summed E-state index contributed by atoms with van der Waals surface area (Å²) in [6.45, 7) is 10.3.